The van der Waals surface area contributed by atoms with Crippen LogP contribution in [-0.4, -0.2) is 40.2 Å². The van der Waals surface area contributed by atoms with Crippen LogP contribution in [0.3, 0.4) is 0 Å². The first-order valence-electron chi connectivity index (χ1n) is 5.21. The van der Waals surface area contributed by atoms with Crippen LogP contribution in [0.5, 0.6) is 0 Å². The molecule has 0 spiro atoms. The van der Waals surface area contributed by atoms with E-state index in [4.69, 9.17) is 5.73 Å². The topological polar surface area (TPSA) is 92.3 Å². The molecule has 0 atom stereocenters. The summed E-state index contributed by atoms with van der Waals surface area (Å²) in [5.41, 5.74) is 5.40. The van der Waals surface area contributed by atoms with E-state index in [-0.39, 0.29) is 6.10 Å². The molecule has 3 N–H and O–H groups in total. The molecule has 16 heavy (non-hydrogen) atoms. The van der Waals surface area contributed by atoms with Crippen LogP contribution < -0.4 is 10.6 Å². The Hall–Kier alpha value is -1.69. The summed E-state index contributed by atoms with van der Waals surface area (Å²) in [6.45, 7) is 1.47. The monoisotopic (exact) mass is 222 g/mol. The highest BCUT2D eigenvalue weighted by Gasteiger charge is 2.18. The molecule has 0 bridgehead atoms. The molecule has 1 aliphatic heterocycles. The molecule has 86 valence electrons. The van der Waals surface area contributed by atoms with E-state index >= 15 is 0 Å². The average Bonchev–Trinajstić information content (AvgIpc) is 2.30. The van der Waals surface area contributed by atoms with E-state index in [0.29, 0.717) is 11.5 Å². The van der Waals surface area contributed by atoms with Crippen LogP contribution in [0.2, 0.25) is 0 Å². The highest BCUT2D eigenvalue weighted by Crippen LogP contribution is 2.15. The van der Waals surface area contributed by atoms with Crippen molar-refractivity contribution in [1.29, 1.82) is 0 Å². The number of aliphatic hydroxyl groups is 1. The maximum absolute atomic E-state index is 10.8. The number of nitrogens with zero attached hydrogens (tertiary/aromatic N) is 3. The third-order valence-electron chi connectivity index (χ3n) is 2.67. The molecule has 0 radical (unpaired) electrons. The summed E-state index contributed by atoms with van der Waals surface area (Å²) in [5.74, 6) is 0.0533. The number of hydrogen-bond donors (Lipinski definition) is 2. The first kappa shape index (κ1) is 10.8. The zero-order chi connectivity index (χ0) is 11.5. The lowest BCUT2D eigenvalue weighted by molar-refractivity contribution is 0.0999. The summed E-state index contributed by atoms with van der Waals surface area (Å²) in [6.07, 6.45) is 4.08. The number of aliphatic hydroxyl groups excluding tert-OH is 1. The number of aromatic nitrogens is 2. The predicted molar refractivity (Wildman–Crippen MR) is 58.0 cm³/mol. The van der Waals surface area contributed by atoms with E-state index in [1.807, 2.05) is 4.90 Å². The fraction of sp³-hybridized carbons (Fsp3) is 0.500. The minimum absolute atomic E-state index is 0.221. The van der Waals surface area contributed by atoms with Crippen molar-refractivity contribution in [3.8, 4) is 0 Å². The van der Waals surface area contributed by atoms with Crippen molar-refractivity contribution in [2.45, 2.75) is 18.9 Å². The Morgan fingerprint density at radius 1 is 1.38 bits per heavy atom. The van der Waals surface area contributed by atoms with Gasteiger partial charge in [0.1, 0.15) is 0 Å². The van der Waals surface area contributed by atoms with Gasteiger partial charge < -0.3 is 15.7 Å². The second kappa shape index (κ2) is 4.44. The highest BCUT2D eigenvalue weighted by molar-refractivity contribution is 5.92. The van der Waals surface area contributed by atoms with Gasteiger partial charge in [0, 0.05) is 25.5 Å². The zero-order valence-corrected chi connectivity index (χ0v) is 8.83. The lowest BCUT2D eigenvalue weighted by Gasteiger charge is -2.29. The van der Waals surface area contributed by atoms with Crippen molar-refractivity contribution >= 4 is 11.9 Å². The second-order valence-electron chi connectivity index (χ2n) is 3.85. The van der Waals surface area contributed by atoms with Crippen molar-refractivity contribution in [1.82, 2.24) is 9.97 Å². The van der Waals surface area contributed by atoms with E-state index in [1.54, 1.807) is 0 Å². The lowest BCUT2D eigenvalue weighted by atomic mass is 10.1. The van der Waals surface area contributed by atoms with E-state index < -0.39 is 5.91 Å². The number of anilines is 1. The molecule has 1 aromatic rings. The van der Waals surface area contributed by atoms with E-state index in [2.05, 4.69) is 9.97 Å². The maximum atomic E-state index is 10.8. The zero-order valence-electron chi connectivity index (χ0n) is 8.83. The summed E-state index contributed by atoms with van der Waals surface area (Å²) in [6, 6.07) is 0. The Kier molecular flexibility index (Phi) is 3.00. The minimum Gasteiger partial charge on any atom is -0.393 e. The third kappa shape index (κ3) is 2.27. The highest BCUT2D eigenvalue weighted by atomic mass is 16.3. The molecule has 2 rings (SSSR count). The quantitative estimate of drug-likeness (QED) is 0.706. The molecule has 2 heterocycles. The van der Waals surface area contributed by atoms with E-state index in [0.717, 1.165) is 25.9 Å². The Bertz CT molecular complexity index is 371. The van der Waals surface area contributed by atoms with Crippen LogP contribution in [0.1, 0.15) is 23.2 Å². The third-order valence-corrected chi connectivity index (χ3v) is 2.67. The Labute approximate surface area is 93.1 Å². The van der Waals surface area contributed by atoms with E-state index in [9.17, 15) is 9.90 Å². The normalized spacial score (nSPS) is 17.4. The summed E-state index contributed by atoms with van der Waals surface area (Å²) >= 11 is 0. The minimum atomic E-state index is -0.527. The average molecular weight is 222 g/mol. The Morgan fingerprint density at radius 3 is 2.44 bits per heavy atom. The molecule has 0 unspecified atom stereocenters. The van der Waals surface area contributed by atoms with Crippen molar-refractivity contribution in [3.63, 3.8) is 0 Å². The van der Waals surface area contributed by atoms with Crippen LogP contribution in [0.25, 0.3) is 0 Å². The van der Waals surface area contributed by atoms with Gasteiger partial charge in [0.2, 0.25) is 5.95 Å². The molecule has 1 saturated heterocycles. The molecular weight excluding hydrogens is 208 g/mol. The molecule has 0 saturated carbocycles. The molecule has 0 aromatic carbocycles. The molecule has 1 aromatic heterocycles. The van der Waals surface area contributed by atoms with Crippen molar-refractivity contribution in [3.05, 3.63) is 18.0 Å². The lowest BCUT2D eigenvalue weighted by Crippen LogP contribution is -2.36. The first-order valence-corrected chi connectivity index (χ1v) is 5.21. The molecule has 1 fully saturated rings. The molecule has 6 nitrogen and oxygen atoms in total. The van der Waals surface area contributed by atoms with Gasteiger partial charge in [-0.3, -0.25) is 4.79 Å². The van der Waals surface area contributed by atoms with Gasteiger partial charge in [0.15, 0.2) is 0 Å². The number of amides is 1. The largest absolute Gasteiger partial charge is 0.393 e. The van der Waals surface area contributed by atoms with Crippen molar-refractivity contribution in [2.75, 3.05) is 18.0 Å². The number of carbonyl (C=O) groups is 1. The van der Waals surface area contributed by atoms with Crippen LogP contribution in [0, 0.1) is 0 Å². The standard InChI is InChI=1S/C10H14N4O2/c11-9(16)7-5-12-10(13-6-7)14-3-1-8(15)2-4-14/h5-6,8,15H,1-4H2,(H2,11,16). The number of primary amides is 1. The maximum Gasteiger partial charge on any atom is 0.251 e. The Morgan fingerprint density at radius 2 is 1.94 bits per heavy atom. The predicted octanol–water partition coefficient (Wildman–Crippen LogP) is -0.463. The van der Waals surface area contributed by atoms with Crippen LogP contribution in [-0.2, 0) is 0 Å². The Balaban J connectivity index is 2.07. The van der Waals surface area contributed by atoms with Gasteiger partial charge in [-0.1, -0.05) is 0 Å². The number of nitrogens with two attached hydrogens (primary N) is 1. The van der Waals surface area contributed by atoms with Crippen LogP contribution >= 0.6 is 0 Å². The molecule has 6 heteroatoms. The van der Waals surface area contributed by atoms with Crippen LogP contribution in [0.15, 0.2) is 12.4 Å². The fourth-order valence-electron chi connectivity index (χ4n) is 1.68. The molecule has 1 aliphatic rings. The molecule has 1 amide bonds. The number of piperidine rings is 1. The van der Waals surface area contributed by atoms with Gasteiger partial charge in [0.25, 0.3) is 5.91 Å². The summed E-state index contributed by atoms with van der Waals surface area (Å²) in [5, 5.41) is 9.36. The van der Waals surface area contributed by atoms with Gasteiger partial charge >= 0.3 is 0 Å². The SMILES string of the molecule is NC(=O)c1cnc(N2CCC(O)CC2)nc1. The van der Waals surface area contributed by atoms with Gasteiger partial charge in [-0.05, 0) is 12.8 Å². The first-order chi connectivity index (χ1) is 7.66. The second-order valence-corrected chi connectivity index (χ2v) is 3.85. The van der Waals surface area contributed by atoms with Crippen LogP contribution in [0.4, 0.5) is 5.95 Å². The van der Waals surface area contributed by atoms with E-state index in [1.165, 1.54) is 12.4 Å². The van der Waals surface area contributed by atoms with Gasteiger partial charge in [-0.2, -0.15) is 0 Å². The summed E-state index contributed by atoms with van der Waals surface area (Å²) in [7, 11) is 0. The summed E-state index contributed by atoms with van der Waals surface area (Å²) in [4.78, 5) is 21.0. The fourth-order valence-corrected chi connectivity index (χ4v) is 1.68. The van der Waals surface area contributed by atoms with Gasteiger partial charge in [0.05, 0.1) is 11.7 Å². The smallest absolute Gasteiger partial charge is 0.251 e. The van der Waals surface area contributed by atoms with Crippen molar-refractivity contribution in [2.24, 2.45) is 5.73 Å². The molecule has 0 aliphatic carbocycles. The van der Waals surface area contributed by atoms with Gasteiger partial charge in [-0.15, -0.1) is 0 Å². The van der Waals surface area contributed by atoms with Gasteiger partial charge in [-0.25, -0.2) is 9.97 Å². The van der Waals surface area contributed by atoms with Crippen molar-refractivity contribution < 1.29 is 9.90 Å². The number of hydrogen-bond acceptors (Lipinski definition) is 5. The number of carbonyl (C=O) groups excluding carboxylic acids is 1. The molecular formula is C10H14N4O2. The number of rotatable bonds is 2. The summed E-state index contributed by atoms with van der Waals surface area (Å²) < 4.78 is 0.